The van der Waals surface area contributed by atoms with Gasteiger partial charge in [0, 0.05) is 91.9 Å². The lowest BCUT2D eigenvalue weighted by Crippen LogP contribution is -2.59. The Morgan fingerprint density at radius 2 is 0.987 bits per heavy atom. The van der Waals surface area contributed by atoms with Crippen LogP contribution in [0.3, 0.4) is 0 Å². The zero-order valence-corrected chi connectivity index (χ0v) is 51.8. The molecule has 0 atom stereocenters. The standard InChI is InChI=1S/C19H26BrClN2O3.C19H25ClN2O3.C13H21NO3.C6H5BrClN/c1-17(2,3)26-16(24)23-6-4-18(5-7-23)11-19(25,12-18)9-13-8-15(21)22-10-14(13)20;1-17(2,3)25-16(23)22-6-4-18(5-7-22)11-19(12-18)9-13-8-15(20)21-10-14(13)24-19;1-12(2,3)17-11(16)14-6-4-13(5-7-14)8-10(15)9-13;1-4-2-6(8)9-3-5(4)7/h8,10,25H,4-7,9,11-12H2,1-3H3;8,10H,4-7,9,11-12H2,1-3H3;4-9H2,1-3H3;2-3H,1H3. The maximum Gasteiger partial charge on any atom is 0.410 e. The van der Waals surface area contributed by atoms with Crippen LogP contribution < -0.4 is 4.74 Å². The summed E-state index contributed by atoms with van der Waals surface area (Å²) in [5, 5.41) is 12.4. The fraction of sp³-hybridized carbons (Fsp3) is 0.667. The molecular formula is C57H77Br2Cl3N6O9. The number of piperidine rings is 3. The number of aryl methyl sites for hydroxylation is 1. The smallest absolute Gasteiger partial charge is 0.410 e. The minimum Gasteiger partial charge on any atom is -0.485 e. The molecule has 7 heterocycles. The van der Waals surface area contributed by atoms with Crippen LogP contribution in [0.1, 0.15) is 156 Å². The Morgan fingerprint density at radius 3 is 1.40 bits per heavy atom. The molecule has 0 radical (unpaired) electrons. The van der Waals surface area contributed by atoms with Crippen LogP contribution in [0.2, 0.25) is 15.5 Å². The lowest BCUT2D eigenvalue weighted by molar-refractivity contribution is -0.147. The molecule has 20 heteroatoms. The van der Waals surface area contributed by atoms with E-state index in [1.807, 2.05) is 86.3 Å². The fourth-order valence-corrected chi connectivity index (χ4v) is 13.2. The zero-order valence-electron chi connectivity index (χ0n) is 46.4. The second-order valence-corrected chi connectivity index (χ2v) is 28.7. The number of pyridine rings is 3. The number of aromatic nitrogens is 3. The Labute approximate surface area is 486 Å². The third-order valence-electron chi connectivity index (χ3n) is 15.6. The number of likely N-dealkylation sites (tertiary alicyclic amines) is 3. The van der Waals surface area contributed by atoms with Crippen molar-refractivity contribution in [3.05, 3.63) is 77.9 Å². The van der Waals surface area contributed by atoms with Crippen molar-refractivity contribution in [2.45, 2.75) is 187 Å². The van der Waals surface area contributed by atoms with Gasteiger partial charge in [-0.3, -0.25) is 4.79 Å². The Hall–Kier alpha value is -3.48. The van der Waals surface area contributed by atoms with Crippen molar-refractivity contribution < 1.29 is 43.2 Å². The highest BCUT2D eigenvalue weighted by Gasteiger charge is 2.60. The molecule has 7 aliphatic rings. The second-order valence-electron chi connectivity index (χ2n) is 25.8. The summed E-state index contributed by atoms with van der Waals surface area (Å²) in [6, 6.07) is 5.53. The summed E-state index contributed by atoms with van der Waals surface area (Å²) in [6.45, 7) is 23.3. The molecule has 3 aromatic heterocycles. The summed E-state index contributed by atoms with van der Waals surface area (Å²) in [6.07, 6.45) is 16.7. The summed E-state index contributed by atoms with van der Waals surface area (Å²) in [4.78, 5) is 64.7. The van der Waals surface area contributed by atoms with E-state index in [1.54, 1.807) is 34.5 Å². The number of hydrogen-bond acceptors (Lipinski definition) is 12. The summed E-state index contributed by atoms with van der Waals surface area (Å²) in [7, 11) is 0. The normalized spacial score (nSPS) is 21.0. The van der Waals surface area contributed by atoms with Gasteiger partial charge < -0.3 is 38.8 Å². The van der Waals surface area contributed by atoms with Gasteiger partial charge >= 0.3 is 18.3 Å². The molecule has 3 amide bonds. The van der Waals surface area contributed by atoms with E-state index in [9.17, 15) is 24.3 Å². The van der Waals surface area contributed by atoms with E-state index in [1.165, 1.54) is 5.56 Å². The number of Topliss-reactive ketones (excluding diaryl/α,β-unsaturated/α-hetero) is 1. The monoisotopic (exact) mass is 1250 g/mol. The molecule has 6 fully saturated rings. The number of ether oxygens (including phenoxy) is 4. The van der Waals surface area contributed by atoms with Gasteiger partial charge in [0.25, 0.3) is 0 Å². The van der Waals surface area contributed by atoms with Gasteiger partial charge in [0.15, 0.2) is 0 Å². The molecule has 10 rings (SSSR count). The van der Waals surface area contributed by atoms with Crippen molar-refractivity contribution in [2.75, 3.05) is 39.3 Å². The van der Waals surface area contributed by atoms with Gasteiger partial charge in [-0.05, 0) is 211 Å². The largest absolute Gasteiger partial charge is 0.485 e. The molecule has 4 aliphatic heterocycles. The molecule has 0 unspecified atom stereocenters. The Bertz CT molecular complexity index is 2620. The number of fused-ring (bicyclic) bond motifs is 1. The number of halogens is 5. The molecule has 3 saturated carbocycles. The van der Waals surface area contributed by atoms with Crippen molar-refractivity contribution in [3.8, 4) is 5.75 Å². The SMILES string of the molecule is CC(C)(C)OC(=O)N1CCC2(CC1)CC(=O)C2.CC(C)(C)OC(=O)N1CCC2(CC1)CC(O)(Cc1cc(Cl)ncc1Br)C2.CC(C)(C)OC(=O)N1CCC2(CC1)CC1(Cc3cc(Cl)ncc3O1)C2.Cc1cc(Cl)ncc1Br. The predicted molar refractivity (Wildman–Crippen MR) is 305 cm³/mol. The van der Waals surface area contributed by atoms with Crippen molar-refractivity contribution in [1.29, 1.82) is 0 Å². The molecule has 424 valence electrons. The van der Waals surface area contributed by atoms with E-state index in [0.717, 1.165) is 135 Å². The number of ketones is 1. The van der Waals surface area contributed by atoms with E-state index < -0.39 is 22.4 Å². The highest BCUT2D eigenvalue weighted by molar-refractivity contribution is 9.10. The molecule has 0 bridgehead atoms. The van der Waals surface area contributed by atoms with Gasteiger partial charge in [0.05, 0.1) is 11.8 Å². The third kappa shape index (κ3) is 16.6. The summed E-state index contributed by atoms with van der Waals surface area (Å²) < 4.78 is 24.4. The number of nitrogens with zero attached hydrogens (tertiary/aromatic N) is 6. The van der Waals surface area contributed by atoms with E-state index in [0.29, 0.717) is 46.2 Å². The first-order chi connectivity index (χ1) is 35.7. The van der Waals surface area contributed by atoms with Gasteiger partial charge in [-0.2, -0.15) is 0 Å². The Balaban J connectivity index is 0.000000158. The predicted octanol–water partition coefficient (Wildman–Crippen LogP) is 14.0. The topological polar surface area (TPSA) is 174 Å². The maximum atomic E-state index is 12.2. The van der Waals surface area contributed by atoms with Crippen molar-refractivity contribution >= 4 is 90.7 Å². The summed E-state index contributed by atoms with van der Waals surface area (Å²) >= 11 is 24.3. The summed E-state index contributed by atoms with van der Waals surface area (Å²) in [5.74, 6) is 1.25. The van der Waals surface area contributed by atoms with Gasteiger partial charge in [0.2, 0.25) is 0 Å². The summed E-state index contributed by atoms with van der Waals surface area (Å²) in [5.41, 5.74) is 1.78. The third-order valence-corrected chi connectivity index (χ3v) is 17.7. The maximum absolute atomic E-state index is 12.2. The van der Waals surface area contributed by atoms with E-state index in [4.69, 9.17) is 53.8 Å². The van der Waals surface area contributed by atoms with Gasteiger partial charge in [-0.1, -0.05) is 34.8 Å². The number of rotatable bonds is 2. The molecular weight excluding hydrogens is 1180 g/mol. The van der Waals surface area contributed by atoms with Crippen LogP contribution in [0.4, 0.5) is 14.4 Å². The molecule has 77 heavy (non-hydrogen) atoms. The molecule has 4 spiro atoms. The lowest BCUT2D eigenvalue weighted by Gasteiger charge is -2.56. The second kappa shape index (κ2) is 23.5. The van der Waals surface area contributed by atoms with Crippen LogP contribution >= 0.6 is 66.7 Å². The Morgan fingerprint density at radius 1 is 0.597 bits per heavy atom. The molecule has 3 saturated heterocycles. The van der Waals surface area contributed by atoms with Gasteiger partial charge in [-0.15, -0.1) is 0 Å². The van der Waals surface area contributed by atoms with Crippen LogP contribution in [0.5, 0.6) is 5.75 Å². The first-order valence-corrected chi connectivity index (χ1v) is 29.5. The van der Waals surface area contributed by atoms with Crippen LogP contribution in [0.25, 0.3) is 0 Å². The molecule has 3 aliphatic carbocycles. The number of aliphatic hydroxyl groups is 1. The minimum absolute atomic E-state index is 0.0806. The molecule has 0 aromatic carbocycles. The first-order valence-electron chi connectivity index (χ1n) is 26.8. The average Bonchev–Trinajstić information content (AvgIpc) is 3.65. The van der Waals surface area contributed by atoms with Crippen LogP contribution in [0, 0.1) is 23.2 Å². The van der Waals surface area contributed by atoms with Crippen molar-refractivity contribution in [3.63, 3.8) is 0 Å². The number of hydrogen-bond donors (Lipinski definition) is 1. The number of amides is 3. The van der Waals surface area contributed by atoms with Gasteiger partial charge in [-0.25, -0.2) is 29.3 Å². The lowest BCUT2D eigenvalue weighted by atomic mass is 9.54. The van der Waals surface area contributed by atoms with Crippen LogP contribution in [-0.2, 0) is 31.8 Å². The number of carbonyl (C=O) groups is 4. The first kappa shape index (κ1) is 61.1. The highest BCUT2D eigenvalue weighted by atomic mass is 79.9. The van der Waals surface area contributed by atoms with Gasteiger partial charge in [0.1, 0.15) is 49.4 Å². The fourth-order valence-electron chi connectivity index (χ4n) is 12.0. The highest BCUT2D eigenvalue weighted by Crippen LogP contribution is 2.60. The zero-order chi connectivity index (χ0) is 56.6. The number of carbonyl (C=O) groups excluding carboxylic acids is 4. The van der Waals surface area contributed by atoms with Crippen molar-refractivity contribution in [2.24, 2.45) is 16.2 Å². The van der Waals surface area contributed by atoms with E-state index >= 15 is 0 Å². The van der Waals surface area contributed by atoms with Crippen LogP contribution in [-0.4, -0.2) is 126 Å². The molecule has 1 N–H and O–H groups in total. The van der Waals surface area contributed by atoms with E-state index in [2.05, 4.69) is 46.8 Å². The van der Waals surface area contributed by atoms with Crippen molar-refractivity contribution in [1.82, 2.24) is 29.7 Å². The van der Waals surface area contributed by atoms with E-state index in [-0.39, 0.29) is 34.7 Å². The molecule has 3 aromatic rings. The minimum atomic E-state index is -0.707. The Kier molecular flexibility index (Phi) is 18.7. The quantitative estimate of drug-likeness (QED) is 0.190. The molecule has 15 nitrogen and oxygen atoms in total. The average molecular weight is 1260 g/mol. The van der Waals surface area contributed by atoms with Crippen LogP contribution in [0.15, 0.2) is 45.7 Å².